The van der Waals surface area contributed by atoms with E-state index in [4.69, 9.17) is 9.47 Å². The van der Waals surface area contributed by atoms with Gasteiger partial charge in [-0.2, -0.15) is 4.72 Å². The molecular weight excluding hydrogens is 406 g/mol. The summed E-state index contributed by atoms with van der Waals surface area (Å²) >= 11 is 4.40. The van der Waals surface area contributed by atoms with Crippen molar-refractivity contribution >= 4 is 43.3 Å². The number of halogens is 1. The number of sulfonamides is 1. The van der Waals surface area contributed by atoms with Gasteiger partial charge in [0, 0.05) is 10.0 Å². The van der Waals surface area contributed by atoms with Crippen molar-refractivity contribution in [2.24, 2.45) is 0 Å². The molecule has 0 fully saturated rings. The molecule has 0 spiro atoms. The highest BCUT2D eigenvalue weighted by atomic mass is 79.9. The van der Waals surface area contributed by atoms with Crippen LogP contribution >= 0.6 is 27.3 Å². The van der Waals surface area contributed by atoms with Gasteiger partial charge in [0.05, 0.1) is 7.11 Å². The van der Waals surface area contributed by atoms with Crippen molar-refractivity contribution < 1.29 is 22.7 Å². The van der Waals surface area contributed by atoms with Crippen molar-refractivity contribution in [2.45, 2.75) is 10.8 Å². The number of methoxy groups -OCH3 is 1. The standard InChI is InChI=1S/C14H14BrNO5S2/c1-20-12-5-4-11(15)7-10(12)9-21-13(17)8-16-23(18,19)14-3-2-6-22-14/h2-7,16H,8-9H2,1H3. The minimum Gasteiger partial charge on any atom is -0.496 e. The maximum Gasteiger partial charge on any atom is 0.321 e. The first-order valence-electron chi connectivity index (χ1n) is 6.43. The SMILES string of the molecule is COc1ccc(Br)cc1COC(=O)CNS(=O)(=O)c1cccs1. The number of ether oxygens (including phenoxy) is 2. The number of rotatable bonds is 7. The van der Waals surface area contributed by atoms with Crippen LogP contribution in [0.25, 0.3) is 0 Å². The van der Waals surface area contributed by atoms with Gasteiger partial charge in [-0.15, -0.1) is 11.3 Å². The third-order valence-corrected chi connectivity index (χ3v) is 6.09. The molecule has 124 valence electrons. The largest absolute Gasteiger partial charge is 0.496 e. The van der Waals surface area contributed by atoms with E-state index in [1.54, 1.807) is 29.6 Å². The maximum atomic E-state index is 11.9. The molecule has 0 amide bonds. The van der Waals surface area contributed by atoms with Gasteiger partial charge in [0.2, 0.25) is 0 Å². The molecule has 0 unspecified atom stereocenters. The Bertz CT molecular complexity index is 774. The van der Waals surface area contributed by atoms with Gasteiger partial charge >= 0.3 is 5.97 Å². The van der Waals surface area contributed by atoms with Crippen molar-refractivity contribution in [3.63, 3.8) is 0 Å². The molecule has 23 heavy (non-hydrogen) atoms. The number of hydrogen-bond donors (Lipinski definition) is 1. The zero-order valence-electron chi connectivity index (χ0n) is 12.1. The minimum atomic E-state index is -3.68. The van der Waals surface area contributed by atoms with E-state index < -0.39 is 22.5 Å². The van der Waals surface area contributed by atoms with Crippen molar-refractivity contribution in [1.82, 2.24) is 4.72 Å². The van der Waals surface area contributed by atoms with Crippen LogP contribution in [0.4, 0.5) is 0 Å². The number of carbonyl (C=O) groups is 1. The Hall–Kier alpha value is -1.42. The fourth-order valence-electron chi connectivity index (χ4n) is 1.71. The van der Waals surface area contributed by atoms with Crippen LogP contribution < -0.4 is 9.46 Å². The molecule has 0 radical (unpaired) electrons. The lowest BCUT2D eigenvalue weighted by Crippen LogP contribution is -2.30. The highest BCUT2D eigenvalue weighted by molar-refractivity contribution is 9.10. The van der Waals surface area contributed by atoms with E-state index in [9.17, 15) is 13.2 Å². The molecule has 1 aromatic heterocycles. The molecule has 0 saturated heterocycles. The first-order chi connectivity index (χ1) is 10.9. The number of carbonyl (C=O) groups excluding carboxylic acids is 1. The van der Waals surface area contributed by atoms with Gasteiger partial charge in [0.15, 0.2) is 0 Å². The maximum absolute atomic E-state index is 11.9. The first-order valence-corrected chi connectivity index (χ1v) is 9.59. The summed E-state index contributed by atoms with van der Waals surface area (Å²) in [6, 6.07) is 8.40. The molecule has 0 aliphatic rings. The summed E-state index contributed by atoms with van der Waals surface area (Å²) in [6.45, 7) is -0.446. The van der Waals surface area contributed by atoms with E-state index in [2.05, 4.69) is 20.7 Å². The summed E-state index contributed by atoms with van der Waals surface area (Å²) in [5.74, 6) is -0.0904. The molecule has 1 heterocycles. The average Bonchev–Trinajstić information content (AvgIpc) is 3.06. The van der Waals surface area contributed by atoms with Crippen molar-refractivity contribution in [3.8, 4) is 5.75 Å². The van der Waals surface area contributed by atoms with Crippen LogP contribution in [0.2, 0.25) is 0 Å². The van der Waals surface area contributed by atoms with E-state index in [1.807, 2.05) is 0 Å². The van der Waals surface area contributed by atoms with E-state index >= 15 is 0 Å². The fourth-order valence-corrected chi connectivity index (χ4v) is 4.13. The second kappa shape index (κ2) is 7.91. The lowest BCUT2D eigenvalue weighted by atomic mass is 10.2. The van der Waals surface area contributed by atoms with Crippen LogP contribution in [0.3, 0.4) is 0 Å². The highest BCUT2D eigenvalue weighted by Crippen LogP contribution is 2.23. The molecule has 0 aliphatic heterocycles. The van der Waals surface area contributed by atoms with Crippen LogP contribution in [0.5, 0.6) is 5.75 Å². The van der Waals surface area contributed by atoms with Gasteiger partial charge in [-0.3, -0.25) is 4.79 Å². The van der Waals surface area contributed by atoms with Crippen molar-refractivity contribution in [1.29, 1.82) is 0 Å². The lowest BCUT2D eigenvalue weighted by molar-refractivity contribution is -0.143. The first kappa shape index (κ1) is 17.9. The van der Waals surface area contributed by atoms with Gasteiger partial charge in [-0.05, 0) is 29.6 Å². The van der Waals surface area contributed by atoms with Gasteiger partial charge < -0.3 is 9.47 Å². The predicted molar refractivity (Wildman–Crippen MR) is 90.0 cm³/mol. The topological polar surface area (TPSA) is 81.7 Å². The zero-order chi connectivity index (χ0) is 16.9. The molecule has 1 aromatic carbocycles. The summed E-state index contributed by atoms with van der Waals surface area (Å²) in [5.41, 5.74) is 0.677. The molecule has 0 bridgehead atoms. The normalized spacial score (nSPS) is 11.2. The molecule has 0 atom stereocenters. The minimum absolute atomic E-state index is 0.0117. The zero-order valence-corrected chi connectivity index (χ0v) is 15.3. The monoisotopic (exact) mass is 419 g/mol. The number of esters is 1. The number of benzene rings is 1. The second-order valence-corrected chi connectivity index (χ2v) is 8.23. The average molecular weight is 420 g/mol. The molecule has 2 aromatic rings. The molecule has 9 heteroatoms. The molecular formula is C14H14BrNO5S2. The Labute approximate surface area is 146 Å². The van der Waals surface area contributed by atoms with E-state index in [0.29, 0.717) is 11.3 Å². The Morgan fingerprint density at radius 2 is 2.13 bits per heavy atom. The third-order valence-electron chi connectivity index (χ3n) is 2.80. The second-order valence-electron chi connectivity index (χ2n) is 4.37. The van der Waals surface area contributed by atoms with E-state index in [1.165, 1.54) is 13.2 Å². The van der Waals surface area contributed by atoms with Gasteiger partial charge in [0.25, 0.3) is 10.0 Å². The molecule has 1 N–H and O–H groups in total. The predicted octanol–water partition coefficient (Wildman–Crippen LogP) is 2.54. The van der Waals surface area contributed by atoms with Crippen molar-refractivity contribution in [2.75, 3.05) is 13.7 Å². The molecule has 0 saturated carbocycles. The fraction of sp³-hybridized carbons (Fsp3) is 0.214. The number of hydrogen-bond acceptors (Lipinski definition) is 6. The summed E-state index contributed by atoms with van der Waals surface area (Å²) in [6.07, 6.45) is 0. The number of thiophene rings is 1. The highest BCUT2D eigenvalue weighted by Gasteiger charge is 2.17. The summed E-state index contributed by atoms with van der Waals surface area (Å²) in [4.78, 5) is 11.7. The Morgan fingerprint density at radius 3 is 2.78 bits per heavy atom. The Morgan fingerprint density at radius 1 is 1.35 bits per heavy atom. The third kappa shape index (κ3) is 5.03. The van der Waals surface area contributed by atoms with Gasteiger partial charge in [-0.25, -0.2) is 8.42 Å². The van der Waals surface area contributed by atoms with Crippen LogP contribution in [0.15, 0.2) is 44.4 Å². The molecule has 2 rings (SSSR count). The lowest BCUT2D eigenvalue weighted by Gasteiger charge is -2.10. The Balaban J connectivity index is 1.90. The van der Waals surface area contributed by atoms with Crippen LogP contribution in [0.1, 0.15) is 5.56 Å². The van der Waals surface area contributed by atoms with E-state index in [0.717, 1.165) is 15.8 Å². The smallest absolute Gasteiger partial charge is 0.321 e. The quantitative estimate of drug-likeness (QED) is 0.697. The van der Waals surface area contributed by atoms with Gasteiger partial charge in [0.1, 0.15) is 23.1 Å². The van der Waals surface area contributed by atoms with Crippen LogP contribution in [0, 0.1) is 0 Å². The van der Waals surface area contributed by atoms with Crippen molar-refractivity contribution in [3.05, 3.63) is 45.7 Å². The van der Waals surface area contributed by atoms with Gasteiger partial charge in [-0.1, -0.05) is 22.0 Å². The van der Waals surface area contributed by atoms with E-state index in [-0.39, 0.29) is 10.8 Å². The summed E-state index contributed by atoms with van der Waals surface area (Å²) in [5, 5.41) is 1.65. The Kier molecular flexibility index (Phi) is 6.17. The molecule has 0 aliphatic carbocycles. The summed E-state index contributed by atoms with van der Waals surface area (Å²) < 4.78 is 37.2. The van der Waals surface area contributed by atoms with Crippen LogP contribution in [-0.2, 0) is 26.2 Å². The van der Waals surface area contributed by atoms with Crippen LogP contribution in [-0.4, -0.2) is 28.0 Å². The summed E-state index contributed by atoms with van der Waals surface area (Å²) in [7, 11) is -2.16. The molecule has 6 nitrogen and oxygen atoms in total. The number of nitrogens with one attached hydrogen (secondary N) is 1.